The van der Waals surface area contributed by atoms with Crippen LogP contribution in [0.5, 0.6) is 0 Å². The second-order valence-electron chi connectivity index (χ2n) is 3.72. The molecule has 0 aliphatic heterocycles. The smallest absolute Gasteiger partial charge is 0.0927 e. The van der Waals surface area contributed by atoms with Crippen LogP contribution in [0.3, 0.4) is 0 Å². The van der Waals surface area contributed by atoms with E-state index >= 15 is 0 Å². The monoisotopic (exact) mass is 236 g/mol. The van der Waals surface area contributed by atoms with Gasteiger partial charge in [-0.2, -0.15) is 0 Å². The number of aryl methyl sites for hydroxylation is 2. The Bertz CT molecular complexity index is 446. The topological polar surface area (TPSA) is 0 Å². The molecule has 0 spiro atoms. The van der Waals surface area contributed by atoms with Gasteiger partial charge in [-0.05, 0) is 42.0 Å². The molecule has 15 heavy (non-hydrogen) atoms. The number of rotatable bonds is 2. The maximum absolute atomic E-state index is 6.41. The van der Waals surface area contributed by atoms with Gasteiger partial charge < -0.3 is 0 Å². The first-order valence-electron chi connectivity index (χ1n) is 4.93. The zero-order valence-corrected chi connectivity index (χ0v) is 10.4. The Morgan fingerprint density at radius 2 is 1.93 bits per heavy atom. The standard InChI is InChI=1S/C13H13ClS/c1-9-5-6-11(8-10(9)2)13(14)12-4-3-7-15-12/h3-8,13H,1-2H3. The maximum Gasteiger partial charge on any atom is 0.0927 e. The Balaban J connectivity index is 2.34. The fraction of sp³-hybridized carbons (Fsp3) is 0.231. The van der Waals surface area contributed by atoms with Crippen LogP contribution in [0.4, 0.5) is 0 Å². The van der Waals surface area contributed by atoms with Gasteiger partial charge in [0.1, 0.15) is 0 Å². The lowest BCUT2D eigenvalue weighted by Crippen LogP contribution is -1.92. The van der Waals surface area contributed by atoms with Gasteiger partial charge in [-0.1, -0.05) is 24.3 Å². The molecular formula is C13H13ClS. The van der Waals surface area contributed by atoms with Crippen molar-refractivity contribution in [3.8, 4) is 0 Å². The summed E-state index contributed by atoms with van der Waals surface area (Å²) in [5.41, 5.74) is 3.80. The minimum atomic E-state index is -0.00991. The highest BCUT2D eigenvalue weighted by Crippen LogP contribution is 2.32. The summed E-state index contributed by atoms with van der Waals surface area (Å²) in [4.78, 5) is 1.21. The molecule has 0 radical (unpaired) electrons. The van der Waals surface area contributed by atoms with Crippen molar-refractivity contribution in [1.82, 2.24) is 0 Å². The Kier molecular flexibility index (Phi) is 3.13. The van der Waals surface area contributed by atoms with E-state index in [4.69, 9.17) is 11.6 Å². The van der Waals surface area contributed by atoms with Crippen LogP contribution >= 0.6 is 22.9 Å². The highest BCUT2D eigenvalue weighted by molar-refractivity contribution is 7.10. The summed E-state index contributed by atoms with van der Waals surface area (Å²) >= 11 is 8.11. The first-order chi connectivity index (χ1) is 7.18. The molecule has 0 saturated heterocycles. The third-order valence-corrected chi connectivity index (χ3v) is 4.17. The summed E-state index contributed by atoms with van der Waals surface area (Å²) in [7, 11) is 0. The summed E-state index contributed by atoms with van der Waals surface area (Å²) in [6.45, 7) is 4.24. The van der Waals surface area contributed by atoms with Crippen LogP contribution in [0.15, 0.2) is 35.7 Å². The number of benzene rings is 1. The predicted molar refractivity (Wildman–Crippen MR) is 67.9 cm³/mol. The average Bonchev–Trinajstić information content (AvgIpc) is 2.74. The molecule has 0 aliphatic carbocycles. The Morgan fingerprint density at radius 1 is 1.13 bits per heavy atom. The van der Waals surface area contributed by atoms with Crippen molar-refractivity contribution < 1.29 is 0 Å². The maximum atomic E-state index is 6.41. The quantitative estimate of drug-likeness (QED) is 0.664. The fourth-order valence-corrected chi connectivity index (χ4v) is 2.61. The van der Waals surface area contributed by atoms with Crippen LogP contribution in [0, 0.1) is 13.8 Å². The molecule has 2 heteroatoms. The summed E-state index contributed by atoms with van der Waals surface area (Å²) in [6.07, 6.45) is 0. The fourth-order valence-electron chi connectivity index (χ4n) is 1.52. The summed E-state index contributed by atoms with van der Waals surface area (Å²) in [6, 6.07) is 10.5. The van der Waals surface area contributed by atoms with Crippen LogP contribution in [-0.4, -0.2) is 0 Å². The minimum Gasteiger partial charge on any atom is -0.147 e. The van der Waals surface area contributed by atoms with Crippen molar-refractivity contribution in [3.63, 3.8) is 0 Å². The number of thiophene rings is 1. The highest BCUT2D eigenvalue weighted by Gasteiger charge is 2.11. The number of hydrogen-bond donors (Lipinski definition) is 0. The molecular weight excluding hydrogens is 224 g/mol. The molecule has 1 unspecified atom stereocenters. The van der Waals surface area contributed by atoms with Gasteiger partial charge in [-0.3, -0.25) is 0 Å². The van der Waals surface area contributed by atoms with E-state index in [1.165, 1.54) is 21.6 Å². The van der Waals surface area contributed by atoms with E-state index in [0.29, 0.717) is 0 Å². The molecule has 0 amide bonds. The van der Waals surface area contributed by atoms with E-state index in [1.807, 2.05) is 6.07 Å². The molecule has 0 nitrogen and oxygen atoms in total. The molecule has 1 aromatic heterocycles. The molecule has 0 fully saturated rings. The first kappa shape index (κ1) is 10.7. The third-order valence-electron chi connectivity index (χ3n) is 2.62. The van der Waals surface area contributed by atoms with Gasteiger partial charge in [-0.15, -0.1) is 22.9 Å². The van der Waals surface area contributed by atoms with Gasteiger partial charge in [0, 0.05) is 4.88 Å². The Hall–Kier alpha value is -0.790. The molecule has 2 rings (SSSR count). The molecule has 0 saturated carbocycles. The second kappa shape index (κ2) is 4.38. The van der Waals surface area contributed by atoms with Crippen LogP contribution in [-0.2, 0) is 0 Å². The molecule has 1 heterocycles. The van der Waals surface area contributed by atoms with Crippen molar-refractivity contribution in [2.75, 3.05) is 0 Å². The van der Waals surface area contributed by atoms with Gasteiger partial charge in [0.15, 0.2) is 0 Å². The van der Waals surface area contributed by atoms with E-state index in [0.717, 1.165) is 0 Å². The summed E-state index contributed by atoms with van der Waals surface area (Å²) in [5.74, 6) is 0. The van der Waals surface area contributed by atoms with E-state index in [1.54, 1.807) is 11.3 Å². The van der Waals surface area contributed by atoms with E-state index in [9.17, 15) is 0 Å². The number of alkyl halides is 1. The SMILES string of the molecule is Cc1ccc(C(Cl)c2cccs2)cc1C. The molecule has 1 atom stereocenters. The lowest BCUT2D eigenvalue weighted by atomic mass is 10.0. The lowest BCUT2D eigenvalue weighted by molar-refractivity contribution is 1.16. The Labute approximate surface area is 99.5 Å². The third kappa shape index (κ3) is 2.24. The van der Waals surface area contributed by atoms with Crippen molar-refractivity contribution in [1.29, 1.82) is 0 Å². The van der Waals surface area contributed by atoms with Crippen LogP contribution in [0.1, 0.15) is 26.9 Å². The zero-order valence-electron chi connectivity index (χ0n) is 8.83. The minimum absolute atomic E-state index is 0.00991. The lowest BCUT2D eigenvalue weighted by Gasteiger charge is -2.09. The van der Waals surface area contributed by atoms with E-state index < -0.39 is 0 Å². The Morgan fingerprint density at radius 3 is 2.53 bits per heavy atom. The van der Waals surface area contributed by atoms with Crippen molar-refractivity contribution >= 4 is 22.9 Å². The van der Waals surface area contributed by atoms with Crippen molar-refractivity contribution in [3.05, 3.63) is 57.3 Å². The normalized spacial score (nSPS) is 12.7. The molecule has 2 aromatic rings. The van der Waals surface area contributed by atoms with Crippen molar-refractivity contribution in [2.45, 2.75) is 19.2 Å². The predicted octanol–water partition coefficient (Wildman–Crippen LogP) is 4.69. The second-order valence-corrected chi connectivity index (χ2v) is 5.14. The molecule has 78 valence electrons. The number of hydrogen-bond acceptors (Lipinski definition) is 1. The van der Waals surface area contributed by atoms with Crippen LogP contribution < -0.4 is 0 Å². The summed E-state index contributed by atoms with van der Waals surface area (Å²) < 4.78 is 0. The zero-order chi connectivity index (χ0) is 10.8. The number of halogens is 1. The van der Waals surface area contributed by atoms with Crippen LogP contribution in [0.2, 0.25) is 0 Å². The molecule has 0 aliphatic rings. The van der Waals surface area contributed by atoms with Gasteiger partial charge in [-0.25, -0.2) is 0 Å². The highest BCUT2D eigenvalue weighted by atomic mass is 35.5. The van der Waals surface area contributed by atoms with Gasteiger partial charge >= 0.3 is 0 Å². The summed E-state index contributed by atoms with van der Waals surface area (Å²) in [5, 5.41) is 2.05. The average molecular weight is 237 g/mol. The largest absolute Gasteiger partial charge is 0.147 e. The molecule has 1 aromatic carbocycles. The van der Waals surface area contributed by atoms with E-state index in [2.05, 4.69) is 43.5 Å². The first-order valence-corrected chi connectivity index (χ1v) is 6.24. The molecule has 0 N–H and O–H groups in total. The van der Waals surface area contributed by atoms with Crippen molar-refractivity contribution in [2.24, 2.45) is 0 Å². The van der Waals surface area contributed by atoms with Gasteiger partial charge in [0.2, 0.25) is 0 Å². The van der Waals surface area contributed by atoms with Gasteiger partial charge in [0.05, 0.1) is 5.38 Å². The van der Waals surface area contributed by atoms with Gasteiger partial charge in [0.25, 0.3) is 0 Å². The van der Waals surface area contributed by atoms with Crippen LogP contribution in [0.25, 0.3) is 0 Å². The van der Waals surface area contributed by atoms with E-state index in [-0.39, 0.29) is 5.38 Å². The molecule has 0 bridgehead atoms.